The number of nitrogens with zero attached hydrogens (tertiary/aromatic N) is 2. The fourth-order valence-electron chi connectivity index (χ4n) is 2.14. The fraction of sp³-hybridized carbons (Fsp3) is 0.909. The summed E-state index contributed by atoms with van der Waals surface area (Å²) in [7, 11) is 4.22. The van der Waals surface area contributed by atoms with Crippen molar-refractivity contribution in [1.82, 2.24) is 9.80 Å². The molecule has 1 aliphatic rings. The highest BCUT2D eigenvalue weighted by Gasteiger charge is 2.30. The third-order valence-electron chi connectivity index (χ3n) is 3.40. The molecule has 1 fully saturated rings. The standard InChI is InChI=1S/C11H24N4O/c1-11(13,10(12)16)8-15-6-4-9(5-7-15)14(2)3/h9H,4-8,13H2,1-3H3,(H2,12,16). The molecule has 5 nitrogen and oxygen atoms in total. The maximum Gasteiger partial charge on any atom is 0.238 e. The molecule has 1 atom stereocenters. The Balaban J connectivity index is 2.40. The molecule has 1 amide bonds. The van der Waals surface area contributed by atoms with Crippen LogP contribution in [0.15, 0.2) is 0 Å². The monoisotopic (exact) mass is 228 g/mol. The van der Waals surface area contributed by atoms with Crippen molar-refractivity contribution in [1.29, 1.82) is 0 Å². The van der Waals surface area contributed by atoms with Crippen LogP contribution in [-0.2, 0) is 4.79 Å². The van der Waals surface area contributed by atoms with E-state index in [9.17, 15) is 4.79 Å². The van der Waals surface area contributed by atoms with E-state index >= 15 is 0 Å². The first-order valence-electron chi connectivity index (χ1n) is 5.80. The summed E-state index contributed by atoms with van der Waals surface area (Å²) >= 11 is 0. The van der Waals surface area contributed by atoms with E-state index in [1.807, 2.05) is 0 Å². The van der Waals surface area contributed by atoms with Gasteiger partial charge in [0.1, 0.15) is 5.54 Å². The van der Waals surface area contributed by atoms with E-state index in [1.54, 1.807) is 6.92 Å². The maximum atomic E-state index is 11.1. The summed E-state index contributed by atoms with van der Waals surface area (Å²) in [6, 6.07) is 0.647. The van der Waals surface area contributed by atoms with Gasteiger partial charge in [-0.15, -0.1) is 0 Å². The normalized spacial score (nSPS) is 23.3. The average molecular weight is 228 g/mol. The lowest BCUT2D eigenvalue weighted by molar-refractivity contribution is -0.123. The van der Waals surface area contributed by atoms with Gasteiger partial charge in [-0.2, -0.15) is 0 Å². The van der Waals surface area contributed by atoms with Gasteiger partial charge < -0.3 is 21.3 Å². The van der Waals surface area contributed by atoms with Crippen LogP contribution < -0.4 is 11.5 Å². The lowest BCUT2D eigenvalue weighted by atomic mass is 9.98. The van der Waals surface area contributed by atoms with E-state index in [1.165, 1.54) is 0 Å². The minimum atomic E-state index is -0.912. The van der Waals surface area contributed by atoms with Crippen molar-refractivity contribution in [3.63, 3.8) is 0 Å². The largest absolute Gasteiger partial charge is 0.368 e. The summed E-state index contributed by atoms with van der Waals surface area (Å²) in [4.78, 5) is 15.6. The molecule has 1 rings (SSSR count). The Kier molecular flexibility index (Phi) is 4.29. The van der Waals surface area contributed by atoms with Crippen molar-refractivity contribution in [2.75, 3.05) is 33.7 Å². The number of carbonyl (C=O) groups is 1. The number of piperidine rings is 1. The van der Waals surface area contributed by atoms with Crippen LogP contribution in [0.1, 0.15) is 19.8 Å². The lowest BCUT2D eigenvalue weighted by Gasteiger charge is -2.38. The predicted molar refractivity (Wildman–Crippen MR) is 64.9 cm³/mol. The Morgan fingerprint density at radius 3 is 2.31 bits per heavy atom. The van der Waals surface area contributed by atoms with E-state index in [2.05, 4.69) is 23.9 Å². The molecule has 1 heterocycles. The van der Waals surface area contributed by atoms with Crippen LogP contribution in [0.4, 0.5) is 0 Å². The highest BCUT2D eigenvalue weighted by atomic mass is 16.1. The van der Waals surface area contributed by atoms with Crippen LogP contribution in [-0.4, -0.2) is 61.0 Å². The number of likely N-dealkylation sites (tertiary alicyclic amines) is 1. The number of hydrogen-bond donors (Lipinski definition) is 2. The second kappa shape index (κ2) is 5.12. The van der Waals surface area contributed by atoms with Gasteiger partial charge in [0.05, 0.1) is 0 Å². The summed E-state index contributed by atoms with van der Waals surface area (Å²) in [5.74, 6) is -0.428. The molecular weight excluding hydrogens is 204 g/mol. The lowest BCUT2D eigenvalue weighted by Crippen LogP contribution is -2.58. The van der Waals surface area contributed by atoms with Crippen molar-refractivity contribution in [2.45, 2.75) is 31.3 Å². The molecular formula is C11H24N4O. The zero-order valence-corrected chi connectivity index (χ0v) is 10.6. The molecule has 5 heteroatoms. The fourth-order valence-corrected chi connectivity index (χ4v) is 2.14. The Morgan fingerprint density at radius 2 is 1.94 bits per heavy atom. The minimum absolute atomic E-state index is 0.428. The molecule has 94 valence electrons. The second-order valence-corrected chi connectivity index (χ2v) is 5.25. The Labute approximate surface area is 97.7 Å². The van der Waals surface area contributed by atoms with Crippen molar-refractivity contribution < 1.29 is 4.79 Å². The van der Waals surface area contributed by atoms with Gasteiger partial charge >= 0.3 is 0 Å². The summed E-state index contributed by atoms with van der Waals surface area (Å²) in [5.41, 5.74) is 10.2. The van der Waals surface area contributed by atoms with Crippen molar-refractivity contribution in [3.8, 4) is 0 Å². The highest BCUT2D eigenvalue weighted by molar-refractivity contribution is 5.84. The zero-order valence-electron chi connectivity index (χ0n) is 10.6. The number of hydrogen-bond acceptors (Lipinski definition) is 4. The third kappa shape index (κ3) is 3.43. The Bertz CT molecular complexity index is 244. The smallest absolute Gasteiger partial charge is 0.238 e. The minimum Gasteiger partial charge on any atom is -0.368 e. The van der Waals surface area contributed by atoms with E-state index < -0.39 is 11.4 Å². The van der Waals surface area contributed by atoms with Gasteiger partial charge in [0.2, 0.25) is 5.91 Å². The molecule has 1 aliphatic heterocycles. The first-order chi connectivity index (χ1) is 7.33. The molecule has 1 saturated heterocycles. The van der Waals surface area contributed by atoms with Crippen LogP contribution in [0, 0.1) is 0 Å². The molecule has 0 aromatic carbocycles. The summed E-state index contributed by atoms with van der Waals surface area (Å²) in [6.07, 6.45) is 2.25. The maximum absolute atomic E-state index is 11.1. The molecule has 4 N–H and O–H groups in total. The van der Waals surface area contributed by atoms with Gasteiger partial charge in [-0.25, -0.2) is 0 Å². The van der Waals surface area contributed by atoms with Gasteiger partial charge in [0.15, 0.2) is 0 Å². The van der Waals surface area contributed by atoms with Crippen molar-refractivity contribution >= 4 is 5.91 Å². The van der Waals surface area contributed by atoms with Crippen LogP contribution >= 0.6 is 0 Å². The summed E-state index contributed by atoms with van der Waals surface area (Å²) in [5, 5.41) is 0. The van der Waals surface area contributed by atoms with Crippen molar-refractivity contribution in [2.24, 2.45) is 11.5 Å². The number of amides is 1. The first-order valence-corrected chi connectivity index (χ1v) is 5.80. The van der Waals surface area contributed by atoms with E-state index in [-0.39, 0.29) is 0 Å². The molecule has 0 aromatic heterocycles. The Hall–Kier alpha value is -0.650. The van der Waals surface area contributed by atoms with Crippen LogP contribution in [0.25, 0.3) is 0 Å². The molecule has 0 bridgehead atoms. The molecule has 16 heavy (non-hydrogen) atoms. The molecule has 0 radical (unpaired) electrons. The zero-order chi connectivity index (χ0) is 12.3. The number of primary amides is 1. The average Bonchev–Trinajstić information content (AvgIpc) is 2.17. The van der Waals surface area contributed by atoms with Gasteiger partial charge in [-0.05, 0) is 47.0 Å². The molecule has 0 aromatic rings. The third-order valence-corrected chi connectivity index (χ3v) is 3.40. The summed E-state index contributed by atoms with van der Waals surface area (Å²) < 4.78 is 0. The number of nitrogens with two attached hydrogens (primary N) is 2. The molecule has 0 aliphatic carbocycles. The topological polar surface area (TPSA) is 75.6 Å². The first kappa shape index (κ1) is 13.4. The van der Waals surface area contributed by atoms with Gasteiger partial charge in [0.25, 0.3) is 0 Å². The molecule has 1 unspecified atom stereocenters. The van der Waals surface area contributed by atoms with E-state index in [0.717, 1.165) is 25.9 Å². The van der Waals surface area contributed by atoms with Crippen LogP contribution in [0.3, 0.4) is 0 Å². The van der Waals surface area contributed by atoms with E-state index in [0.29, 0.717) is 12.6 Å². The predicted octanol–water partition coefficient (Wildman–Crippen LogP) is -0.785. The highest BCUT2D eigenvalue weighted by Crippen LogP contribution is 2.15. The van der Waals surface area contributed by atoms with Crippen LogP contribution in [0.5, 0.6) is 0 Å². The summed E-state index contributed by atoms with van der Waals surface area (Å²) in [6.45, 7) is 4.24. The van der Waals surface area contributed by atoms with Gasteiger partial charge in [-0.3, -0.25) is 4.79 Å². The SMILES string of the molecule is CN(C)C1CCN(CC(C)(N)C(N)=O)CC1. The molecule has 0 saturated carbocycles. The van der Waals surface area contributed by atoms with Gasteiger partial charge in [0, 0.05) is 12.6 Å². The quantitative estimate of drug-likeness (QED) is 0.661. The second-order valence-electron chi connectivity index (χ2n) is 5.25. The number of rotatable bonds is 4. The Morgan fingerprint density at radius 1 is 1.44 bits per heavy atom. The van der Waals surface area contributed by atoms with E-state index in [4.69, 9.17) is 11.5 Å². The van der Waals surface area contributed by atoms with Gasteiger partial charge in [-0.1, -0.05) is 0 Å². The van der Waals surface area contributed by atoms with Crippen molar-refractivity contribution in [3.05, 3.63) is 0 Å². The van der Waals surface area contributed by atoms with Crippen LogP contribution in [0.2, 0.25) is 0 Å². The molecule has 0 spiro atoms. The number of carbonyl (C=O) groups excluding carboxylic acids is 1.